The fourth-order valence-corrected chi connectivity index (χ4v) is 3.39. The molecule has 0 aromatic carbocycles. The number of carbonyl (C=O) groups excluding carboxylic acids is 3. The smallest absolute Gasteiger partial charge is 0.251 e. The Morgan fingerprint density at radius 2 is 1.38 bits per heavy atom. The van der Waals surface area contributed by atoms with Crippen LogP contribution >= 0.6 is 0 Å². The molecular formula is C22H44N4O8. The van der Waals surface area contributed by atoms with Crippen LogP contribution in [0.15, 0.2) is 0 Å². The molecule has 8 N–H and O–H groups in total. The quantitative estimate of drug-likeness (QED) is 0.108. The van der Waals surface area contributed by atoms with E-state index in [0.717, 1.165) is 12.8 Å². The molecular weight excluding hydrogens is 448 g/mol. The molecule has 200 valence electrons. The number of nitrogens with two attached hydrogens (primary N) is 1. The molecule has 0 saturated carbocycles. The number of aliphatic hydroxyl groups excluding tert-OH is 5. The van der Waals surface area contributed by atoms with Crippen LogP contribution in [0, 0.1) is 0 Å². The van der Waals surface area contributed by atoms with Gasteiger partial charge >= 0.3 is 0 Å². The minimum absolute atomic E-state index is 0.0290. The van der Waals surface area contributed by atoms with Crippen molar-refractivity contribution in [2.75, 3.05) is 39.3 Å². The highest BCUT2D eigenvalue weighted by molar-refractivity contribution is 5.83. The first-order valence-corrected chi connectivity index (χ1v) is 12.0. The van der Waals surface area contributed by atoms with Crippen LogP contribution in [0.1, 0.15) is 52.9 Å². The van der Waals surface area contributed by atoms with Crippen molar-refractivity contribution in [1.29, 1.82) is 0 Å². The van der Waals surface area contributed by atoms with Crippen LogP contribution in [0.2, 0.25) is 0 Å². The number of aliphatic hydroxyl groups is 5. The molecule has 5 atom stereocenters. The van der Waals surface area contributed by atoms with E-state index in [2.05, 4.69) is 5.32 Å². The molecule has 0 fully saturated rings. The van der Waals surface area contributed by atoms with Gasteiger partial charge in [-0.2, -0.15) is 0 Å². The van der Waals surface area contributed by atoms with Crippen molar-refractivity contribution in [3.8, 4) is 0 Å². The van der Waals surface area contributed by atoms with Crippen molar-refractivity contribution < 1.29 is 39.9 Å². The normalized spacial score (nSPS) is 15.7. The van der Waals surface area contributed by atoms with E-state index in [0.29, 0.717) is 26.1 Å². The summed E-state index contributed by atoms with van der Waals surface area (Å²) in [5.74, 6) is -1.40. The maximum Gasteiger partial charge on any atom is 0.251 e. The molecule has 0 aromatic rings. The van der Waals surface area contributed by atoms with Gasteiger partial charge in [-0.3, -0.25) is 14.4 Å². The summed E-state index contributed by atoms with van der Waals surface area (Å²) in [4.78, 5) is 40.5. The Hall–Kier alpha value is -1.83. The van der Waals surface area contributed by atoms with E-state index in [1.807, 2.05) is 20.8 Å². The molecule has 0 radical (unpaired) electrons. The van der Waals surface area contributed by atoms with Crippen LogP contribution in [0.3, 0.4) is 0 Å². The Bertz CT molecular complexity index is 603. The van der Waals surface area contributed by atoms with Gasteiger partial charge in [0, 0.05) is 39.1 Å². The van der Waals surface area contributed by atoms with Gasteiger partial charge in [-0.1, -0.05) is 20.8 Å². The van der Waals surface area contributed by atoms with E-state index < -0.39 is 43.0 Å². The maximum absolute atomic E-state index is 12.7. The molecule has 0 aliphatic carbocycles. The van der Waals surface area contributed by atoms with Crippen molar-refractivity contribution >= 4 is 17.7 Å². The fourth-order valence-electron chi connectivity index (χ4n) is 3.39. The Morgan fingerprint density at radius 1 is 0.853 bits per heavy atom. The highest BCUT2D eigenvalue weighted by Gasteiger charge is 2.34. The van der Waals surface area contributed by atoms with Gasteiger partial charge < -0.3 is 46.4 Å². The average molecular weight is 493 g/mol. The summed E-state index contributed by atoms with van der Waals surface area (Å²) < 4.78 is 0. The van der Waals surface area contributed by atoms with Crippen molar-refractivity contribution in [1.82, 2.24) is 15.1 Å². The van der Waals surface area contributed by atoms with Crippen molar-refractivity contribution in [2.45, 2.75) is 83.3 Å². The second-order valence-corrected chi connectivity index (χ2v) is 8.32. The second kappa shape index (κ2) is 17.6. The van der Waals surface area contributed by atoms with E-state index in [1.54, 1.807) is 4.90 Å². The van der Waals surface area contributed by atoms with Crippen LogP contribution in [-0.4, -0.2) is 123 Å². The third kappa shape index (κ3) is 11.1. The Labute approximate surface area is 201 Å². The van der Waals surface area contributed by atoms with Gasteiger partial charge in [0.2, 0.25) is 11.8 Å². The van der Waals surface area contributed by atoms with E-state index in [-0.39, 0.29) is 37.7 Å². The largest absolute Gasteiger partial charge is 0.394 e. The summed E-state index contributed by atoms with van der Waals surface area (Å²) >= 11 is 0. The minimum atomic E-state index is -2.04. The highest BCUT2D eigenvalue weighted by Crippen LogP contribution is 2.07. The third-order valence-electron chi connectivity index (χ3n) is 5.34. The summed E-state index contributed by atoms with van der Waals surface area (Å²) in [7, 11) is 0. The number of rotatable bonds is 18. The van der Waals surface area contributed by atoms with Gasteiger partial charge in [0.05, 0.1) is 12.6 Å². The summed E-state index contributed by atoms with van der Waals surface area (Å²) in [6.07, 6.45) is -5.10. The predicted octanol–water partition coefficient (Wildman–Crippen LogP) is -2.47. The van der Waals surface area contributed by atoms with Crippen LogP contribution in [0.4, 0.5) is 0 Å². The lowest BCUT2D eigenvalue weighted by molar-refractivity contribution is -0.149. The molecule has 0 spiro atoms. The SMILES string of the molecule is CCCN(CCNC(=O)C(O)C(O)C(O)C(O)CO)C(=O)CC[C@H](N)C(=O)N(CCC)CCC. The number of nitrogens with one attached hydrogen (secondary N) is 1. The monoisotopic (exact) mass is 492 g/mol. The lowest BCUT2D eigenvalue weighted by Crippen LogP contribution is -2.52. The summed E-state index contributed by atoms with van der Waals surface area (Å²) in [5.41, 5.74) is 6.03. The zero-order chi connectivity index (χ0) is 26.3. The molecule has 3 amide bonds. The van der Waals surface area contributed by atoms with Crippen LogP contribution in [-0.2, 0) is 14.4 Å². The second-order valence-electron chi connectivity index (χ2n) is 8.32. The first-order valence-electron chi connectivity index (χ1n) is 12.0. The van der Waals surface area contributed by atoms with Gasteiger partial charge in [-0.15, -0.1) is 0 Å². The number of nitrogens with zero attached hydrogens (tertiary/aromatic N) is 2. The van der Waals surface area contributed by atoms with Crippen molar-refractivity contribution in [3.63, 3.8) is 0 Å². The molecule has 0 saturated heterocycles. The van der Waals surface area contributed by atoms with E-state index >= 15 is 0 Å². The van der Waals surface area contributed by atoms with E-state index in [1.165, 1.54) is 4.90 Å². The minimum Gasteiger partial charge on any atom is -0.394 e. The molecule has 12 nitrogen and oxygen atoms in total. The molecule has 0 heterocycles. The van der Waals surface area contributed by atoms with Gasteiger partial charge in [0.25, 0.3) is 5.91 Å². The Balaban J connectivity index is 4.72. The summed E-state index contributed by atoms with van der Waals surface area (Å²) in [6.45, 7) is 6.74. The first-order chi connectivity index (χ1) is 16.0. The Kier molecular flexibility index (Phi) is 16.6. The molecule has 4 unspecified atom stereocenters. The van der Waals surface area contributed by atoms with Gasteiger partial charge in [0.15, 0.2) is 6.10 Å². The first kappa shape index (κ1) is 32.2. The van der Waals surface area contributed by atoms with Gasteiger partial charge in [-0.25, -0.2) is 0 Å². The molecule has 0 aliphatic rings. The molecule has 12 heteroatoms. The van der Waals surface area contributed by atoms with Crippen molar-refractivity contribution in [3.05, 3.63) is 0 Å². The topological polar surface area (TPSA) is 197 Å². The molecule has 0 aromatic heterocycles. The standard InChI is InChI=1S/C22H44N4O8/c1-4-10-25(13-9-24-21(33)20(32)19(31)18(30)16(28)14-27)17(29)8-7-15(23)22(34)26(11-5-2)12-6-3/h15-16,18-20,27-28,30-32H,4-14,23H2,1-3H3,(H,24,33)/t15-,16?,18?,19?,20?/m0/s1. The average Bonchev–Trinajstić information content (AvgIpc) is 2.83. The molecule has 0 rings (SSSR count). The predicted molar refractivity (Wildman–Crippen MR) is 125 cm³/mol. The number of amides is 3. The highest BCUT2D eigenvalue weighted by atomic mass is 16.4. The number of carbonyl (C=O) groups is 3. The summed E-state index contributed by atoms with van der Waals surface area (Å²) in [6, 6.07) is -0.775. The molecule has 0 aliphatic heterocycles. The van der Waals surface area contributed by atoms with Crippen LogP contribution in [0.25, 0.3) is 0 Å². The lowest BCUT2D eigenvalue weighted by Gasteiger charge is -2.27. The number of hydrogen-bond donors (Lipinski definition) is 7. The van der Waals surface area contributed by atoms with Crippen LogP contribution < -0.4 is 11.1 Å². The lowest BCUT2D eigenvalue weighted by atomic mass is 10.0. The zero-order valence-corrected chi connectivity index (χ0v) is 20.6. The van der Waals surface area contributed by atoms with Crippen molar-refractivity contribution in [2.24, 2.45) is 5.73 Å². The third-order valence-corrected chi connectivity index (χ3v) is 5.34. The van der Waals surface area contributed by atoms with Gasteiger partial charge in [-0.05, 0) is 25.7 Å². The summed E-state index contributed by atoms with van der Waals surface area (Å²) in [5, 5.41) is 49.7. The van der Waals surface area contributed by atoms with E-state index in [4.69, 9.17) is 10.8 Å². The fraction of sp³-hybridized carbons (Fsp3) is 0.864. The Morgan fingerprint density at radius 3 is 1.88 bits per heavy atom. The zero-order valence-electron chi connectivity index (χ0n) is 20.6. The van der Waals surface area contributed by atoms with Crippen LogP contribution in [0.5, 0.6) is 0 Å². The van der Waals surface area contributed by atoms with Gasteiger partial charge in [0.1, 0.15) is 18.3 Å². The number of hydrogen-bond acceptors (Lipinski definition) is 9. The van der Waals surface area contributed by atoms with E-state index in [9.17, 15) is 34.8 Å². The maximum atomic E-state index is 12.7. The molecule has 0 bridgehead atoms. The molecule has 34 heavy (non-hydrogen) atoms.